The van der Waals surface area contributed by atoms with Crippen LogP contribution in [0.1, 0.15) is 44.9 Å². The third-order valence-electron chi connectivity index (χ3n) is 3.60. The van der Waals surface area contributed by atoms with Gasteiger partial charge in [-0.05, 0) is 38.6 Å². The summed E-state index contributed by atoms with van der Waals surface area (Å²) in [5, 5.41) is 3.55. The van der Waals surface area contributed by atoms with Crippen LogP contribution < -0.4 is 5.32 Å². The average Bonchev–Trinajstić information content (AvgIpc) is 3.02. The highest BCUT2D eigenvalue weighted by Crippen LogP contribution is 2.18. The predicted octanol–water partition coefficient (Wildman–Crippen LogP) is 2.35. The number of rotatable bonds is 10. The zero-order chi connectivity index (χ0) is 11.8. The molecule has 100 valence electrons. The molecule has 0 spiro atoms. The molecule has 3 nitrogen and oxygen atoms in total. The van der Waals surface area contributed by atoms with Gasteiger partial charge in [0, 0.05) is 25.2 Å². The molecule has 2 rings (SSSR count). The van der Waals surface area contributed by atoms with Crippen molar-refractivity contribution in [2.24, 2.45) is 5.92 Å². The molecule has 1 unspecified atom stereocenters. The molecule has 1 heterocycles. The summed E-state index contributed by atoms with van der Waals surface area (Å²) in [5.41, 5.74) is 0. The van der Waals surface area contributed by atoms with Crippen LogP contribution in [0.25, 0.3) is 0 Å². The maximum atomic E-state index is 5.68. The van der Waals surface area contributed by atoms with Crippen LogP contribution in [-0.4, -0.2) is 39.0 Å². The number of hydrogen-bond acceptors (Lipinski definition) is 3. The minimum absolute atomic E-state index is 0.665. The van der Waals surface area contributed by atoms with Gasteiger partial charge in [-0.25, -0.2) is 0 Å². The first-order valence-electron chi connectivity index (χ1n) is 7.34. The van der Waals surface area contributed by atoms with E-state index in [9.17, 15) is 0 Å². The summed E-state index contributed by atoms with van der Waals surface area (Å²) in [5.74, 6) is 0.665. The lowest BCUT2D eigenvalue weighted by molar-refractivity contribution is 0.0871. The van der Waals surface area contributed by atoms with Crippen LogP contribution in [0, 0.1) is 5.92 Å². The molecule has 3 heteroatoms. The number of unbranched alkanes of at least 4 members (excludes halogenated alkanes) is 3. The second-order valence-corrected chi connectivity index (χ2v) is 5.45. The van der Waals surface area contributed by atoms with Crippen LogP contribution in [0.15, 0.2) is 0 Å². The Balaban J connectivity index is 1.27. The van der Waals surface area contributed by atoms with Crippen molar-refractivity contribution in [2.75, 3.05) is 33.0 Å². The lowest BCUT2D eigenvalue weighted by Gasteiger charge is -2.08. The van der Waals surface area contributed by atoms with E-state index in [0.717, 1.165) is 32.5 Å². The van der Waals surface area contributed by atoms with Crippen molar-refractivity contribution >= 4 is 0 Å². The van der Waals surface area contributed by atoms with E-state index in [2.05, 4.69) is 5.32 Å². The van der Waals surface area contributed by atoms with Crippen LogP contribution in [0.4, 0.5) is 0 Å². The molecule has 1 saturated heterocycles. The van der Waals surface area contributed by atoms with Gasteiger partial charge in [0.1, 0.15) is 0 Å². The first kappa shape index (κ1) is 13.3. The van der Waals surface area contributed by atoms with Gasteiger partial charge in [0.2, 0.25) is 0 Å². The van der Waals surface area contributed by atoms with Crippen LogP contribution >= 0.6 is 0 Å². The minimum atomic E-state index is 0.665. The van der Waals surface area contributed by atoms with Crippen LogP contribution in [0.5, 0.6) is 0 Å². The summed E-state index contributed by atoms with van der Waals surface area (Å²) in [4.78, 5) is 0. The number of nitrogens with one attached hydrogen (secondary N) is 1. The van der Waals surface area contributed by atoms with Gasteiger partial charge < -0.3 is 14.8 Å². The average molecular weight is 241 g/mol. The highest BCUT2D eigenvalue weighted by Gasteiger charge is 2.19. The summed E-state index contributed by atoms with van der Waals surface area (Å²) in [6.45, 7) is 4.90. The Kier molecular flexibility index (Phi) is 6.32. The van der Waals surface area contributed by atoms with Crippen molar-refractivity contribution in [3.05, 3.63) is 0 Å². The van der Waals surface area contributed by atoms with Crippen molar-refractivity contribution in [3.8, 4) is 0 Å². The Morgan fingerprint density at radius 3 is 2.71 bits per heavy atom. The quantitative estimate of drug-likeness (QED) is 0.596. The SMILES string of the molecule is C(CCCOCC1CCOC1)CCNC1CC1. The maximum Gasteiger partial charge on any atom is 0.0517 e. The van der Waals surface area contributed by atoms with Gasteiger partial charge in [-0.1, -0.05) is 12.8 Å². The van der Waals surface area contributed by atoms with E-state index in [1.54, 1.807) is 0 Å². The molecule has 0 amide bonds. The van der Waals surface area contributed by atoms with Crippen LogP contribution in [-0.2, 0) is 9.47 Å². The van der Waals surface area contributed by atoms with E-state index in [-0.39, 0.29) is 0 Å². The van der Waals surface area contributed by atoms with Gasteiger partial charge in [0.05, 0.1) is 13.2 Å². The van der Waals surface area contributed by atoms with E-state index < -0.39 is 0 Å². The Morgan fingerprint density at radius 2 is 1.94 bits per heavy atom. The lowest BCUT2D eigenvalue weighted by atomic mass is 10.1. The molecule has 1 N–H and O–H groups in total. The molecule has 1 aliphatic heterocycles. The molecule has 0 radical (unpaired) electrons. The summed E-state index contributed by atoms with van der Waals surface area (Å²) < 4.78 is 11.0. The van der Waals surface area contributed by atoms with E-state index in [1.165, 1.54) is 51.5 Å². The predicted molar refractivity (Wildman–Crippen MR) is 69.2 cm³/mol. The third-order valence-corrected chi connectivity index (χ3v) is 3.60. The van der Waals surface area contributed by atoms with Crippen molar-refractivity contribution in [3.63, 3.8) is 0 Å². The number of hydrogen-bond donors (Lipinski definition) is 1. The fourth-order valence-corrected chi connectivity index (χ4v) is 2.24. The normalized spacial score (nSPS) is 24.4. The maximum absolute atomic E-state index is 5.68. The van der Waals surface area contributed by atoms with Gasteiger partial charge in [-0.15, -0.1) is 0 Å². The molecule has 0 aromatic carbocycles. The summed E-state index contributed by atoms with van der Waals surface area (Å²) in [6, 6.07) is 0.868. The first-order chi connectivity index (χ1) is 8.45. The summed E-state index contributed by atoms with van der Waals surface area (Å²) >= 11 is 0. The smallest absolute Gasteiger partial charge is 0.0517 e. The van der Waals surface area contributed by atoms with Crippen molar-refractivity contribution in [1.29, 1.82) is 0 Å². The van der Waals surface area contributed by atoms with Crippen molar-refractivity contribution in [1.82, 2.24) is 5.32 Å². The molecule has 1 saturated carbocycles. The molecule has 1 atom stereocenters. The standard InChI is InChI=1S/C14H27NO2/c1(3-8-15-14-5-6-14)2-4-9-16-11-13-7-10-17-12-13/h13-15H,1-12H2. The molecule has 2 aliphatic rings. The lowest BCUT2D eigenvalue weighted by Crippen LogP contribution is -2.17. The Labute approximate surface area is 105 Å². The van der Waals surface area contributed by atoms with Gasteiger partial charge in [0.25, 0.3) is 0 Å². The van der Waals surface area contributed by atoms with E-state index in [1.807, 2.05) is 0 Å². The third kappa shape index (κ3) is 6.39. The molecule has 0 aromatic heterocycles. The van der Waals surface area contributed by atoms with E-state index in [0.29, 0.717) is 5.92 Å². The monoisotopic (exact) mass is 241 g/mol. The van der Waals surface area contributed by atoms with Gasteiger partial charge in [-0.3, -0.25) is 0 Å². The summed E-state index contributed by atoms with van der Waals surface area (Å²) in [7, 11) is 0. The molecule has 1 aliphatic carbocycles. The second-order valence-electron chi connectivity index (χ2n) is 5.45. The molecule has 0 bridgehead atoms. The zero-order valence-electron chi connectivity index (χ0n) is 11.0. The fraction of sp³-hybridized carbons (Fsp3) is 1.00. The van der Waals surface area contributed by atoms with Crippen LogP contribution in [0.2, 0.25) is 0 Å². The molecular formula is C14H27NO2. The highest BCUT2D eigenvalue weighted by atomic mass is 16.5. The Morgan fingerprint density at radius 1 is 1.06 bits per heavy atom. The first-order valence-corrected chi connectivity index (χ1v) is 7.34. The molecule has 17 heavy (non-hydrogen) atoms. The van der Waals surface area contributed by atoms with Crippen molar-refractivity contribution in [2.45, 2.75) is 51.0 Å². The van der Waals surface area contributed by atoms with E-state index >= 15 is 0 Å². The topological polar surface area (TPSA) is 30.5 Å². The highest BCUT2D eigenvalue weighted by molar-refractivity contribution is 4.80. The Hall–Kier alpha value is -0.120. The molecular weight excluding hydrogens is 214 g/mol. The second kappa shape index (κ2) is 8.06. The number of ether oxygens (including phenoxy) is 2. The van der Waals surface area contributed by atoms with Crippen molar-refractivity contribution < 1.29 is 9.47 Å². The molecule has 0 aromatic rings. The largest absolute Gasteiger partial charge is 0.381 e. The van der Waals surface area contributed by atoms with Gasteiger partial charge in [-0.2, -0.15) is 0 Å². The summed E-state index contributed by atoms with van der Waals surface area (Å²) in [6.07, 6.45) is 9.19. The zero-order valence-corrected chi connectivity index (χ0v) is 11.0. The van der Waals surface area contributed by atoms with Crippen LogP contribution in [0.3, 0.4) is 0 Å². The van der Waals surface area contributed by atoms with E-state index in [4.69, 9.17) is 9.47 Å². The molecule has 2 fully saturated rings. The Bertz CT molecular complexity index is 189. The van der Waals surface area contributed by atoms with Gasteiger partial charge >= 0.3 is 0 Å². The minimum Gasteiger partial charge on any atom is -0.381 e. The van der Waals surface area contributed by atoms with Gasteiger partial charge in [0.15, 0.2) is 0 Å². The fourth-order valence-electron chi connectivity index (χ4n) is 2.24.